The van der Waals surface area contributed by atoms with Crippen molar-refractivity contribution in [2.24, 2.45) is 0 Å². The fraction of sp³-hybridized carbons (Fsp3) is 0.357. The van der Waals surface area contributed by atoms with Crippen LogP contribution in [0.2, 0.25) is 0 Å². The van der Waals surface area contributed by atoms with E-state index in [0.29, 0.717) is 11.3 Å². The van der Waals surface area contributed by atoms with Gasteiger partial charge >= 0.3 is 0 Å². The van der Waals surface area contributed by atoms with Crippen LogP contribution in [0.5, 0.6) is 0 Å². The lowest BCUT2D eigenvalue weighted by molar-refractivity contribution is 0.384. The van der Waals surface area contributed by atoms with Crippen molar-refractivity contribution < 1.29 is 17.3 Å². The highest BCUT2D eigenvalue weighted by atomic mass is 32.2. The van der Waals surface area contributed by atoms with Crippen LogP contribution in [0.4, 0.5) is 4.39 Å². The van der Waals surface area contributed by atoms with E-state index < -0.39 is 16.1 Å². The minimum Gasteiger partial charge on any atom is -0.360 e. The number of rotatable bonds is 4. The molecule has 0 fully saturated rings. The van der Waals surface area contributed by atoms with Crippen LogP contribution >= 0.6 is 0 Å². The number of nitrogens with zero attached hydrogens (tertiary/aromatic N) is 2. The monoisotopic (exact) mass is 312 g/mol. The zero-order chi connectivity index (χ0) is 15.8. The first-order valence-electron chi connectivity index (χ1n) is 6.41. The molecule has 1 heterocycles. The minimum absolute atomic E-state index is 0.0824. The van der Waals surface area contributed by atoms with Gasteiger partial charge in [-0.3, -0.25) is 0 Å². The van der Waals surface area contributed by atoms with Gasteiger partial charge in [-0.05, 0) is 38.5 Å². The first kappa shape index (κ1) is 15.7. The third-order valence-electron chi connectivity index (χ3n) is 3.50. The lowest BCUT2D eigenvalue weighted by Gasteiger charge is -2.24. The van der Waals surface area contributed by atoms with Crippen LogP contribution < -0.4 is 0 Å². The van der Waals surface area contributed by atoms with E-state index in [4.69, 9.17) is 4.52 Å². The molecule has 0 spiro atoms. The van der Waals surface area contributed by atoms with Gasteiger partial charge in [0.15, 0.2) is 5.76 Å². The molecule has 2 rings (SSSR count). The van der Waals surface area contributed by atoms with Crippen LogP contribution in [-0.2, 0) is 10.0 Å². The molecule has 0 aliphatic heterocycles. The predicted octanol–water partition coefficient (Wildman–Crippen LogP) is 2.81. The van der Waals surface area contributed by atoms with E-state index in [2.05, 4.69) is 5.16 Å². The largest absolute Gasteiger partial charge is 0.360 e. The first-order chi connectivity index (χ1) is 9.75. The molecule has 114 valence electrons. The summed E-state index contributed by atoms with van der Waals surface area (Å²) in [5.41, 5.74) is 1.03. The van der Waals surface area contributed by atoms with Crippen LogP contribution in [0.15, 0.2) is 33.7 Å². The molecule has 0 amide bonds. The summed E-state index contributed by atoms with van der Waals surface area (Å²) >= 11 is 0. The van der Waals surface area contributed by atoms with Gasteiger partial charge in [0.2, 0.25) is 10.0 Å². The molecule has 1 aromatic carbocycles. The average molecular weight is 312 g/mol. The van der Waals surface area contributed by atoms with Gasteiger partial charge in [-0.15, -0.1) is 0 Å². The molecular formula is C14H17FN2O3S. The summed E-state index contributed by atoms with van der Waals surface area (Å²) in [6.07, 6.45) is 0. The predicted molar refractivity (Wildman–Crippen MR) is 75.7 cm³/mol. The molecule has 0 saturated carbocycles. The highest BCUT2D eigenvalue weighted by Gasteiger charge is 2.31. The van der Waals surface area contributed by atoms with Gasteiger partial charge < -0.3 is 4.52 Å². The van der Waals surface area contributed by atoms with E-state index >= 15 is 0 Å². The maximum atomic E-state index is 13.0. The number of halogens is 1. The first-order valence-corrected chi connectivity index (χ1v) is 7.85. The summed E-state index contributed by atoms with van der Waals surface area (Å²) < 4.78 is 44.5. The molecule has 1 atom stereocenters. The number of aryl methyl sites for hydroxylation is 2. The topological polar surface area (TPSA) is 63.4 Å². The van der Waals surface area contributed by atoms with Crippen molar-refractivity contribution in [2.75, 3.05) is 7.05 Å². The van der Waals surface area contributed by atoms with E-state index in [1.54, 1.807) is 32.9 Å². The van der Waals surface area contributed by atoms with Gasteiger partial charge in [0.05, 0.1) is 0 Å². The number of hydrogen-bond acceptors (Lipinski definition) is 4. The fourth-order valence-electron chi connectivity index (χ4n) is 2.15. The number of hydrogen-bond donors (Lipinski definition) is 0. The Hall–Kier alpha value is -1.73. The molecule has 1 aromatic heterocycles. The maximum absolute atomic E-state index is 13.0. The van der Waals surface area contributed by atoms with Gasteiger partial charge in [0.1, 0.15) is 16.4 Å². The van der Waals surface area contributed by atoms with Crippen LogP contribution in [0, 0.1) is 19.7 Å². The quantitative estimate of drug-likeness (QED) is 0.871. The molecule has 2 aromatic rings. The van der Waals surface area contributed by atoms with Crippen LogP contribution in [0.25, 0.3) is 0 Å². The Morgan fingerprint density at radius 1 is 1.24 bits per heavy atom. The van der Waals surface area contributed by atoms with Crippen molar-refractivity contribution in [3.05, 3.63) is 47.1 Å². The standard InChI is InChI=1S/C14H17FN2O3S/c1-9-14(11(3)20-16-9)21(18,19)17(4)10(2)12-5-7-13(15)8-6-12/h5-8,10H,1-4H3/t10-/m1/s1. The lowest BCUT2D eigenvalue weighted by atomic mass is 10.1. The van der Waals surface area contributed by atoms with Gasteiger partial charge in [-0.25, -0.2) is 12.8 Å². The molecule has 0 N–H and O–H groups in total. The second kappa shape index (κ2) is 5.57. The second-order valence-electron chi connectivity index (χ2n) is 4.90. The summed E-state index contributed by atoms with van der Waals surface area (Å²) in [5, 5.41) is 3.68. The van der Waals surface area contributed by atoms with Gasteiger partial charge in [-0.2, -0.15) is 4.31 Å². The van der Waals surface area contributed by atoms with Crippen molar-refractivity contribution in [2.45, 2.75) is 31.7 Å². The number of benzene rings is 1. The Labute approximate surface area is 123 Å². The van der Waals surface area contributed by atoms with Crippen molar-refractivity contribution in [1.82, 2.24) is 9.46 Å². The molecule has 5 nitrogen and oxygen atoms in total. The Kier molecular flexibility index (Phi) is 4.15. The van der Waals surface area contributed by atoms with E-state index in [9.17, 15) is 12.8 Å². The molecule has 0 saturated heterocycles. The smallest absolute Gasteiger partial charge is 0.248 e. The normalized spacial score (nSPS) is 13.6. The summed E-state index contributed by atoms with van der Waals surface area (Å²) in [5.74, 6) is -0.104. The zero-order valence-corrected chi connectivity index (χ0v) is 13.1. The number of aromatic nitrogens is 1. The van der Waals surface area contributed by atoms with E-state index in [-0.39, 0.29) is 16.5 Å². The fourth-order valence-corrected chi connectivity index (χ4v) is 3.78. The van der Waals surface area contributed by atoms with E-state index in [0.717, 1.165) is 0 Å². The molecule has 0 bridgehead atoms. The van der Waals surface area contributed by atoms with Crippen molar-refractivity contribution in [3.8, 4) is 0 Å². The minimum atomic E-state index is -3.73. The second-order valence-corrected chi connectivity index (χ2v) is 6.84. The molecule has 0 radical (unpaired) electrons. The number of sulfonamides is 1. The average Bonchev–Trinajstić information content (AvgIpc) is 2.78. The zero-order valence-electron chi connectivity index (χ0n) is 12.3. The van der Waals surface area contributed by atoms with Gasteiger partial charge in [-0.1, -0.05) is 17.3 Å². The summed E-state index contributed by atoms with van der Waals surface area (Å²) in [6, 6.07) is 5.31. The summed E-state index contributed by atoms with van der Waals surface area (Å²) in [4.78, 5) is 0.0824. The van der Waals surface area contributed by atoms with Gasteiger partial charge in [0.25, 0.3) is 0 Å². The summed E-state index contributed by atoms with van der Waals surface area (Å²) in [6.45, 7) is 4.88. The third kappa shape index (κ3) is 2.84. The van der Waals surface area contributed by atoms with Crippen LogP contribution in [-0.4, -0.2) is 24.9 Å². The Morgan fingerprint density at radius 2 is 1.81 bits per heavy atom. The van der Waals surface area contributed by atoms with Crippen molar-refractivity contribution in [1.29, 1.82) is 0 Å². The Bertz CT molecular complexity index is 719. The Balaban J connectivity index is 2.38. The maximum Gasteiger partial charge on any atom is 0.248 e. The molecule has 7 heteroatoms. The third-order valence-corrected chi connectivity index (χ3v) is 5.68. The Morgan fingerprint density at radius 3 is 2.29 bits per heavy atom. The highest BCUT2D eigenvalue weighted by Crippen LogP contribution is 2.29. The van der Waals surface area contributed by atoms with Gasteiger partial charge in [0, 0.05) is 13.1 Å². The SMILES string of the molecule is Cc1noc(C)c1S(=O)(=O)N(C)[C@H](C)c1ccc(F)cc1. The van der Waals surface area contributed by atoms with Crippen LogP contribution in [0.1, 0.15) is 30.0 Å². The van der Waals surface area contributed by atoms with Crippen LogP contribution in [0.3, 0.4) is 0 Å². The highest BCUT2D eigenvalue weighted by molar-refractivity contribution is 7.89. The molecule has 21 heavy (non-hydrogen) atoms. The van der Waals surface area contributed by atoms with E-state index in [1.165, 1.54) is 23.5 Å². The van der Waals surface area contributed by atoms with E-state index in [1.807, 2.05) is 0 Å². The molecular weight excluding hydrogens is 295 g/mol. The molecule has 0 unspecified atom stereocenters. The summed E-state index contributed by atoms with van der Waals surface area (Å²) in [7, 11) is -2.25. The lowest BCUT2D eigenvalue weighted by Crippen LogP contribution is -2.30. The van der Waals surface area contributed by atoms with Crippen molar-refractivity contribution in [3.63, 3.8) is 0 Å². The molecule has 0 aliphatic carbocycles. The molecule has 0 aliphatic rings. The van der Waals surface area contributed by atoms with Crippen molar-refractivity contribution >= 4 is 10.0 Å².